The normalized spacial score (nSPS) is 26.8. The van der Waals surface area contributed by atoms with Gasteiger partial charge < -0.3 is 14.7 Å². The molecule has 20 heavy (non-hydrogen) atoms. The van der Waals surface area contributed by atoms with E-state index >= 15 is 0 Å². The van der Waals surface area contributed by atoms with Gasteiger partial charge in [-0.25, -0.2) is 0 Å². The molecule has 1 atom stereocenters. The topological polar surface area (TPSA) is 32.7 Å². The zero-order chi connectivity index (χ0) is 13.8. The molecule has 110 valence electrons. The van der Waals surface area contributed by atoms with Crippen molar-refractivity contribution < 1.29 is 9.84 Å². The molecule has 0 amide bonds. The van der Waals surface area contributed by atoms with Gasteiger partial charge in [-0.2, -0.15) is 0 Å². The van der Waals surface area contributed by atoms with Crippen LogP contribution in [0.15, 0.2) is 30.3 Å². The fraction of sp³-hybridized carbons (Fsp3) is 0.647. The second kappa shape index (κ2) is 6.25. The number of nitrogens with zero attached hydrogens (tertiary/aromatic N) is 1. The van der Waals surface area contributed by atoms with Crippen molar-refractivity contribution in [2.45, 2.75) is 25.2 Å². The summed E-state index contributed by atoms with van der Waals surface area (Å²) < 4.78 is 5.45. The van der Waals surface area contributed by atoms with Gasteiger partial charge in [-0.05, 0) is 37.3 Å². The highest BCUT2D eigenvalue weighted by atomic mass is 16.5. The average Bonchev–Trinajstić information content (AvgIpc) is 2.97. The molecular weight excluding hydrogens is 250 g/mol. The van der Waals surface area contributed by atoms with Gasteiger partial charge in [0, 0.05) is 31.7 Å². The second-order valence-corrected chi connectivity index (χ2v) is 6.40. The highest BCUT2D eigenvalue weighted by Crippen LogP contribution is 2.34. The van der Waals surface area contributed by atoms with Crippen LogP contribution in [0, 0.1) is 5.41 Å². The molecule has 1 unspecified atom stereocenters. The van der Waals surface area contributed by atoms with Gasteiger partial charge >= 0.3 is 0 Å². The Labute approximate surface area is 121 Å². The molecular formula is C17H25NO2. The van der Waals surface area contributed by atoms with Crippen molar-refractivity contribution in [2.75, 3.05) is 39.5 Å². The summed E-state index contributed by atoms with van der Waals surface area (Å²) in [6.45, 7) is 5.21. The molecule has 3 nitrogen and oxygen atoms in total. The van der Waals surface area contributed by atoms with E-state index in [1.54, 1.807) is 0 Å². The number of benzene rings is 1. The molecule has 0 radical (unpaired) electrons. The summed E-state index contributed by atoms with van der Waals surface area (Å²) in [6, 6.07) is 10.8. The summed E-state index contributed by atoms with van der Waals surface area (Å²) in [6.07, 6.45) is 3.23. The largest absolute Gasteiger partial charge is 0.396 e. The average molecular weight is 275 g/mol. The van der Waals surface area contributed by atoms with Gasteiger partial charge in [0.25, 0.3) is 0 Å². The van der Waals surface area contributed by atoms with Crippen molar-refractivity contribution in [2.24, 2.45) is 5.41 Å². The van der Waals surface area contributed by atoms with Crippen molar-refractivity contribution in [3.8, 4) is 0 Å². The maximum atomic E-state index is 9.80. The Morgan fingerprint density at radius 1 is 1.20 bits per heavy atom. The molecule has 1 aromatic rings. The lowest BCUT2D eigenvalue weighted by molar-refractivity contribution is -0.0313. The number of rotatable bonds is 4. The fourth-order valence-electron chi connectivity index (χ4n) is 3.62. The van der Waals surface area contributed by atoms with Gasteiger partial charge in [0.1, 0.15) is 0 Å². The van der Waals surface area contributed by atoms with Gasteiger partial charge in [-0.3, -0.25) is 0 Å². The van der Waals surface area contributed by atoms with Crippen LogP contribution >= 0.6 is 0 Å². The monoisotopic (exact) mass is 275 g/mol. The third kappa shape index (κ3) is 3.05. The van der Waals surface area contributed by atoms with E-state index < -0.39 is 0 Å². The number of likely N-dealkylation sites (tertiary alicyclic amines) is 1. The van der Waals surface area contributed by atoms with Gasteiger partial charge in [-0.15, -0.1) is 0 Å². The predicted octanol–water partition coefficient (Wildman–Crippen LogP) is 2.26. The highest BCUT2D eigenvalue weighted by Gasteiger charge is 2.36. The molecule has 0 spiro atoms. The first-order valence-corrected chi connectivity index (χ1v) is 7.77. The van der Waals surface area contributed by atoms with E-state index in [0.29, 0.717) is 12.5 Å². The van der Waals surface area contributed by atoms with Crippen LogP contribution in [0.4, 0.5) is 0 Å². The zero-order valence-corrected chi connectivity index (χ0v) is 12.1. The van der Waals surface area contributed by atoms with E-state index in [2.05, 4.69) is 35.2 Å². The van der Waals surface area contributed by atoms with Crippen LogP contribution in [0.25, 0.3) is 0 Å². The Balaban J connectivity index is 1.60. The SMILES string of the molecule is OCC1(CN2CCC(c3ccccc3)C2)CCOCC1. The number of hydrogen-bond acceptors (Lipinski definition) is 3. The third-order valence-electron chi connectivity index (χ3n) is 4.99. The van der Waals surface area contributed by atoms with Crippen LogP contribution in [0.5, 0.6) is 0 Å². The Bertz CT molecular complexity index is 414. The first-order chi connectivity index (χ1) is 9.81. The predicted molar refractivity (Wildman–Crippen MR) is 79.8 cm³/mol. The van der Waals surface area contributed by atoms with Crippen LogP contribution in [-0.2, 0) is 4.74 Å². The summed E-state index contributed by atoms with van der Waals surface area (Å²) in [5.74, 6) is 0.659. The molecule has 1 aromatic carbocycles. The maximum Gasteiger partial charge on any atom is 0.0501 e. The minimum Gasteiger partial charge on any atom is -0.396 e. The highest BCUT2D eigenvalue weighted by molar-refractivity contribution is 5.21. The van der Waals surface area contributed by atoms with Gasteiger partial charge in [0.2, 0.25) is 0 Å². The van der Waals surface area contributed by atoms with E-state index in [1.165, 1.54) is 12.0 Å². The van der Waals surface area contributed by atoms with E-state index in [4.69, 9.17) is 4.74 Å². The number of hydrogen-bond donors (Lipinski definition) is 1. The van der Waals surface area contributed by atoms with Crippen LogP contribution in [0.3, 0.4) is 0 Å². The second-order valence-electron chi connectivity index (χ2n) is 6.40. The van der Waals surface area contributed by atoms with Gasteiger partial charge in [0.15, 0.2) is 0 Å². The minimum atomic E-state index is 0.0732. The summed E-state index contributed by atoms with van der Waals surface area (Å²) in [7, 11) is 0. The Kier molecular flexibility index (Phi) is 4.39. The molecule has 1 N–H and O–H groups in total. The quantitative estimate of drug-likeness (QED) is 0.915. The summed E-state index contributed by atoms with van der Waals surface area (Å²) in [5.41, 5.74) is 1.53. The van der Waals surface area contributed by atoms with Crippen LogP contribution in [0.2, 0.25) is 0 Å². The molecule has 3 rings (SSSR count). The number of aliphatic hydroxyl groups is 1. The lowest BCUT2D eigenvalue weighted by atomic mass is 9.80. The number of ether oxygens (including phenoxy) is 1. The molecule has 0 aromatic heterocycles. The molecule has 2 aliphatic heterocycles. The third-order valence-corrected chi connectivity index (χ3v) is 4.99. The smallest absolute Gasteiger partial charge is 0.0501 e. The maximum absolute atomic E-state index is 9.80. The van der Waals surface area contributed by atoms with E-state index in [9.17, 15) is 5.11 Å². The van der Waals surface area contributed by atoms with Crippen molar-refractivity contribution in [3.63, 3.8) is 0 Å². The molecule has 0 bridgehead atoms. The van der Waals surface area contributed by atoms with Gasteiger partial charge in [-0.1, -0.05) is 30.3 Å². The lowest BCUT2D eigenvalue weighted by Crippen LogP contribution is -2.43. The van der Waals surface area contributed by atoms with Gasteiger partial charge in [0.05, 0.1) is 6.61 Å². The fourth-order valence-corrected chi connectivity index (χ4v) is 3.62. The van der Waals surface area contributed by atoms with Crippen molar-refractivity contribution in [3.05, 3.63) is 35.9 Å². The Hall–Kier alpha value is -0.900. The Morgan fingerprint density at radius 3 is 2.65 bits per heavy atom. The molecule has 0 saturated carbocycles. The van der Waals surface area contributed by atoms with Crippen molar-refractivity contribution in [1.82, 2.24) is 4.90 Å². The lowest BCUT2D eigenvalue weighted by Gasteiger charge is -2.38. The standard InChI is InChI=1S/C17H25NO2/c19-14-17(7-10-20-11-8-17)13-18-9-6-16(12-18)15-4-2-1-3-5-15/h1-5,16,19H,6-14H2. The first-order valence-electron chi connectivity index (χ1n) is 7.77. The summed E-state index contributed by atoms with van der Waals surface area (Å²) >= 11 is 0. The molecule has 0 aliphatic carbocycles. The van der Waals surface area contributed by atoms with Crippen molar-refractivity contribution >= 4 is 0 Å². The van der Waals surface area contributed by atoms with E-state index in [1.807, 2.05) is 0 Å². The van der Waals surface area contributed by atoms with Crippen LogP contribution in [0.1, 0.15) is 30.7 Å². The van der Waals surface area contributed by atoms with E-state index in [-0.39, 0.29) is 5.41 Å². The van der Waals surface area contributed by atoms with Crippen molar-refractivity contribution in [1.29, 1.82) is 0 Å². The molecule has 2 saturated heterocycles. The molecule has 2 aliphatic rings. The molecule has 2 heterocycles. The number of aliphatic hydroxyl groups excluding tert-OH is 1. The Morgan fingerprint density at radius 2 is 1.95 bits per heavy atom. The zero-order valence-electron chi connectivity index (χ0n) is 12.1. The van der Waals surface area contributed by atoms with E-state index in [0.717, 1.165) is 45.7 Å². The molecule has 2 fully saturated rings. The summed E-state index contributed by atoms with van der Waals surface area (Å²) in [5, 5.41) is 9.80. The summed E-state index contributed by atoms with van der Waals surface area (Å²) in [4.78, 5) is 2.54. The van der Waals surface area contributed by atoms with Crippen LogP contribution < -0.4 is 0 Å². The first kappa shape index (κ1) is 14.1. The molecule has 3 heteroatoms. The minimum absolute atomic E-state index is 0.0732. The van der Waals surface area contributed by atoms with Crippen LogP contribution in [-0.4, -0.2) is 49.5 Å².